The van der Waals surface area contributed by atoms with E-state index < -0.39 is 11.9 Å². The third-order valence-corrected chi connectivity index (χ3v) is 4.79. The summed E-state index contributed by atoms with van der Waals surface area (Å²) in [5.74, 6) is 0.304. The largest absolute Gasteiger partial charge is 0.373 e. The van der Waals surface area contributed by atoms with Crippen LogP contribution in [0.2, 0.25) is 0 Å². The molecule has 4 rings (SSSR count). The predicted molar refractivity (Wildman–Crippen MR) is 95.2 cm³/mol. The fourth-order valence-corrected chi connectivity index (χ4v) is 3.42. The van der Waals surface area contributed by atoms with Gasteiger partial charge in [-0.3, -0.25) is 10.1 Å². The molecule has 0 aromatic carbocycles. The predicted octanol–water partition coefficient (Wildman–Crippen LogP) is 1.99. The first-order valence-corrected chi connectivity index (χ1v) is 8.34. The zero-order valence-electron chi connectivity index (χ0n) is 13.5. The molecule has 3 aromatic rings. The Labute approximate surface area is 146 Å². The molecule has 0 unspecified atom stereocenters. The number of hydrogen-bond acceptors (Lipinski definition) is 6. The van der Waals surface area contributed by atoms with E-state index in [2.05, 4.69) is 21.0 Å². The van der Waals surface area contributed by atoms with Crippen LogP contribution >= 0.6 is 11.3 Å². The molecular formula is C16H14N6O2S. The lowest BCUT2D eigenvalue weighted by Crippen LogP contribution is -2.22. The van der Waals surface area contributed by atoms with Crippen molar-refractivity contribution in [3.63, 3.8) is 0 Å². The Balaban J connectivity index is 1.88. The van der Waals surface area contributed by atoms with Gasteiger partial charge in [-0.15, -0.1) is 11.3 Å². The average molecular weight is 354 g/mol. The molecule has 126 valence electrons. The van der Waals surface area contributed by atoms with Gasteiger partial charge in [-0.1, -0.05) is 0 Å². The van der Waals surface area contributed by atoms with Crippen LogP contribution in [0, 0.1) is 6.92 Å². The number of nitrogens with one attached hydrogen (secondary N) is 3. The summed E-state index contributed by atoms with van der Waals surface area (Å²) in [6.07, 6.45) is 3.18. The molecule has 4 heterocycles. The molecule has 0 atom stereocenters. The Morgan fingerprint density at radius 2 is 2.12 bits per heavy atom. The van der Waals surface area contributed by atoms with Gasteiger partial charge in [0.05, 0.1) is 16.8 Å². The van der Waals surface area contributed by atoms with Crippen LogP contribution in [0.25, 0.3) is 22.3 Å². The van der Waals surface area contributed by atoms with E-state index in [1.165, 1.54) is 4.88 Å². The maximum absolute atomic E-state index is 11.7. The zero-order valence-corrected chi connectivity index (χ0v) is 14.3. The molecule has 3 amide bonds. The molecular weight excluding hydrogens is 340 g/mol. The van der Waals surface area contributed by atoms with Crippen molar-refractivity contribution in [2.45, 2.75) is 6.92 Å². The second-order valence-electron chi connectivity index (χ2n) is 5.49. The molecule has 25 heavy (non-hydrogen) atoms. The monoisotopic (exact) mass is 354 g/mol. The van der Waals surface area contributed by atoms with Crippen LogP contribution < -0.4 is 16.0 Å². The molecule has 0 aliphatic carbocycles. The zero-order chi connectivity index (χ0) is 17.6. The molecule has 3 aromatic heterocycles. The summed E-state index contributed by atoms with van der Waals surface area (Å²) in [6, 6.07) is 5.46. The van der Waals surface area contributed by atoms with Crippen LogP contribution in [0.1, 0.15) is 10.4 Å². The third-order valence-electron chi connectivity index (χ3n) is 3.77. The number of nitrogens with zero attached hydrogens (tertiary/aromatic N) is 3. The number of aryl methyl sites for hydroxylation is 1. The smallest absolute Gasteiger partial charge is 0.326 e. The number of anilines is 1. The number of fused-ring (bicyclic) bond motifs is 1. The van der Waals surface area contributed by atoms with Gasteiger partial charge < -0.3 is 10.6 Å². The van der Waals surface area contributed by atoms with Crippen molar-refractivity contribution in [2.24, 2.45) is 0 Å². The lowest BCUT2D eigenvalue weighted by atomic mass is 10.2. The van der Waals surface area contributed by atoms with Gasteiger partial charge in [0.2, 0.25) is 0 Å². The third kappa shape index (κ3) is 2.64. The van der Waals surface area contributed by atoms with Crippen molar-refractivity contribution in [3.8, 4) is 10.6 Å². The summed E-state index contributed by atoms with van der Waals surface area (Å²) in [5.41, 5.74) is 2.22. The van der Waals surface area contributed by atoms with Gasteiger partial charge in [0.1, 0.15) is 11.5 Å². The summed E-state index contributed by atoms with van der Waals surface area (Å²) in [7, 11) is 1.81. The van der Waals surface area contributed by atoms with E-state index in [0.717, 1.165) is 16.4 Å². The van der Waals surface area contributed by atoms with Crippen molar-refractivity contribution in [3.05, 3.63) is 40.5 Å². The molecule has 1 aliphatic rings. The lowest BCUT2D eigenvalue weighted by molar-refractivity contribution is -0.115. The molecule has 8 nitrogen and oxygen atoms in total. The standard InChI is InChI=1S/C16H14N6O2S/c1-8-3-4-12(25-8)10-6-13(17-2)22-14(19-10)9(7-18-22)5-11-15(23)21-16(24)20-11/h3-7,17H,1-2H3,(H2,20,21,23,24). The number of rotatable bonds is 3. The number of amides is 3. The number of urea groups is 1. The molecule has 0 radical (unpaired) electrons. The van der Waals surface area contributed by atoms with E-state index in [9.17, 15) is 9.59 Å². The first-order valence-electron chi connectivity index (χ1n) is 7.52. The topological polar surface area (TPSA) is 100 Å². The minimum atomic E-state index is -0.536. The normalized spacial score (nSPS) is 15.7. The summed E-state index contributed by atoms with van der Waals surface area (Å²) < 4.78 is 1.66. The van der Waals surface area contributed by atoms with Crippen LogP contribution in [0.5, 0.6) is 0 Å². The van der Waals surface area contributed by atoms with Crippen LogP contribution in [0.4, 0.5) is 10.6 Å². The van der Waals surface area contributed by atoms with Crippen LogP contribution in [0.3, 0.4) is 0 Å². The lowest BCUT2D eigenvalue weighted by Gasteiger charge is -2.06. The molecule has 9 heteroatoms. The number of carbonyl (C=O) groups is 2. The first kappa shape index (κ1) is 15.3. The summed E-state index contributed by atoms with van der Waals surface area (Å²) >= 11 is 1.65. The number of carbonyl (C=O) groups excluding carboxylic acids is 2. The van der Waals surface area contributed by atoms with Crippen molar-refractivity contribution >= 4 is 40.8 Å². The van der Waals surface area contributed by atoms with Crippen molar-refractivity contribution < 1.29 is 9.59 Å². The van der Waals surface area contributed by atoms with Crippen molar-refractivity contribution in [2.75, 3.05) is 12.4 Å². The quantitative estimate of drug-likeness (QED) is 0.493. The summed E-state index contributed by atoms with van der Waals surface area (Å²) in [4.78, 5) is 29.9. The van der Waals surface area contributed by atoms with Gasteiger partial charge >= 0.3 is 6.03 Å². The van der Waals surface area contributed by atoms with Gasteiger partial charge in [-0.2, -0.15) is 9.61 Å². The van der Waals surface area contributed by atoms with Crippen LogP contribution in [0.15, 0.2) is 30.1 Å². The van der Waals surface area contributed by atoms with Crippen molar-refractivity contribution in [1.29, 1.82) is 0 Å². The fraction of sp³-hybridized carbons (Fsp3) is 0.125. The highest BCUT2D eigenvalue weighted by molar-refractivity contribution is 7.15. The number of imide groups is 1. The SMILES string of the molecule is CNc1cc(-c2ccc(C)s2)nc2c(C=C3NC(=O)NC3=O)cnn12. The van der Waals surface area contributed by atoms with Crippen molar-refractivity contribution in [1.82, 2.24) is 25.2 Å². The summed E-state index contributed by atoms with van der Waals surface area (Å²) in [6.45, 7) is 2.04. The highest BCUT2D eigenvalue weighted by atomic mass is 32.1. The fourth-order valence-electron chi connectivity index (χ4n) is 2.60. The molecule has 1 aliphatic heterocycles. The maximum Gasteiger partial charge on any atom is 0.326 e. The van der Waals surface area contributed by atoms with Gasteiger partial charge in [-0.25, -0.2) is 9.78 Å². The number of hydrogen-bond donors (Lipinski definition) is 3. The Bertz CT molecular complexity index is 1050. The van der Waals surface area contributed by atoms with E-state index in [-0.39, 0.29) is 5.70 Å². The highest BCUT2D eigenvalue weighted by Crippen LogP contribution is 2.29. The molecule has 3 N–H and O–H groups in total. The van der Waals surface area contributed by atoms with Gasteiger partial charge in [0.15, 0.2) is 5.65 Å². The molecule has 0 spiro atoms. The van der Waals surface area contributed by atoms with Gasteiger partial charge in [-0.05, 0) is 25.1 Å². The van der Waals surface area contributed by atoms with E-state index in [4.69, 9.17) is 4.98 Å². The second kappa shape index (κ2) is 5.71. The first-order chi connectivity index (χ1) is 12.0. The van der Waals surface area contributed by atoms with Gasteiger partial charge in [0, 0.05) is 23.6 Å². The molecule has 1 saturated heterocycles. The van der Waals surface area contributed by atoms with Crippen LogP contribution in [-0.2, 0) is 4.79 Å². The number of thiophene rings is 1. The molecule has 0 bridgehead atoms. The van der Waals surface area contributed by atoms with E-state index in [1.54, 1.807) is 28.1 Å². The molecule has 1 fully saturated rings. The average Bonchev–Trinajstić information content (AvgIpc) is 3.27. The highest BCUT2D eigenvalue weighted by Gasteiger charge is 2.23. The minimum absolute atomic E-state index is 0.171. The Hall–Kier alpha value is -3.20. The van der Waals surface area contributed by atoms with Crippen LogP contribution in [-0.4, -0.2) is 33.6 Å². The Kier molecular flexibility index (Phi) is 3.50. The van der Waals surface area contributed by atoms with Gasteiger partial charge in [0.25, 0.3) is 5.91 Å². The van der Waals surface area contributed by atoms with E-state index >= 15 is 0 Å². The Morgan fingerprint density at radius 1 is 1.28 bits per heavy atom. The minimum Gasteiger partial charge on any atom is -0.373 e. The number of aromatic nitrogens is 3. The Morgan fingerprint density at radius 3 is 2.76 bits per heavy atom. The summed E-state index contributed by atoms with van der Waals surface area (Å²) in [5, 5.41) is 12.1. The molecule has 0 saturated carbocycles. The maximum atomic E-state index is 11.7. The second-order valence-corrected chi connectivity index (χ2v) is 6.78. The van der Waals surface area contributed by atoms with E-state index in [0.29, 0.717) is 11.2 Å². The van der Waals surface area contributed by atoms with E-state index in [1.807, 2.05) is 32.2 Å².